The van der Waals surface area contributed by atoms with E-state index in [0.717, 1.165) is 17.5 Å². The number of carboxylic acid groups (broad SMARTS) is 1. The van der Waals surface area contributed by atoms with Crippen molar-refractivity contribution in [1.29, 1.82) is 0 Å². The van der Waals surface area contributed by atoms with E-state index in [-0.39, 0.29) is 36.1 Å². The van der Waals surface area contributed by atoms with Crippen LogP contribution in [0.25, 0.3) is 11.1 Å². The fourth-order valence-corrected chi connectivity index (χ4v) is 4.94. The molecule has 0 radical (unpaired) electrons. The maximum absolute atomic E-state index is 15.5. The minimum atomic E-state index is -0.965. The Balaban J connectivity index is 1.98. The second kappa shape index (κ2) is 14.4. The van der Waals surface area contributed by atoms with Crippen LogP contribution < -0.4 is 4.74 Å². The number of halogens is 2. The first-order chi connectivity index (χ1) is 19.1. The van der Waals surface area contributed by atoms with E-state index < -0.39 is 17.7 Å². The lowest BCUT2D eigenvalue weighted by Gasteiger charge is -2.33. The van der Waals surface area contributed by atoms with Gasteiger partial charge in [0.25, 0.3) is 0 Å². The number of rotatable bonds is 14. The molecular formula is C33H40F2O5. The molecule has 0 aliphatic heterocycles. The lowest BCUT2D eigenvalue weighted by molar-refractivity contribution is -0.137. The first-order valence-corrected chi connectivity index (χ1v) is 13.7. The first-order valence-electron chi connectivity index (χ1n) is 13.7. The Hall–Kier alpha value is -3.29. The molecule has 2 atom stereocenters. The zero-order valence-corrected chi connectivity index (χ0v) is 24.0. The Morgan fingerprint density at radius 2 is 1.70 bits per heavy atom. The lowest BCUT2D eigenvalue weighted by atomic mass is 9.81. The van der Waals surface area contributed by atoms with Crippen LogP contribution in [0.4, 0.5) is 8.78 Å². The van der Waals surface area contributed by atoms with E-state index in [1.165, 1.54) is 6.07 Å². The summed E-state index contributed by atoms with van der Waals surface area (Å²) in [5.41, 5.74) is 2.76. The van der Waals surface area contributed by atoms with E-state index in [4.69, 9.17) is 14.2 Å². The molecule has 0 amide bonds. The average molecular weight is 555 g/mol. The van der Waals surface area contributed by atoms with Crippen molar-refractivity contribution in [2.45, 2.75) is 65.6 Å². The summed E-state index contributed by atoms with van der Waals surface area (Å²) in [5.74, 6) is -2.21. The van der Waals surface area contributed by atoms with Crippen LogP contribution in [0, 0.1) is 17.0 Å². The highest BCUT2D eigenvalue weighted by atomic mass is 19.1. The van der Waals surface area contributed by atoms with Crippen molar-refractivity contribution in [2.75, 3.05) is 20.3 Å². The number of carboxylic acids is 1. The zero-order chi connectivity index (χ0) is 29.3. The second-order valence-corrected chi connectivity index (χ2v) is 11.0. The van der Waals surface area contributed by atoms with Crippen LogP contribution in [-0.4, -0.2) is 31.4 Å². The third kappa shape index (κ3) is 8.12. The maximum Gasteiger partial charge on any atom is 0.303 e. The molecule has 3 rings (SSSR count). The summed E-state index contributed by atoms with van der Waals surface area (Å²) in [6.07, 6.45) is 0.765. The van der Waals surface area contributed by atoms with Crippen LogP contribution in [0.5, 0.6) is 5.75 Å². The number of hydrogen-bond donors (Lipinski definition) is 1. The van der Waals surface area contributed by atoms with Gasteiger partial charge in [0.1, 0.15) is 12.4 Å². The Morgan fingerprint density at radius 1 is 0.950 bits per heavy atom. The summed E-state index contributed by atoms with van der Waals surface area (Å²) in [4.78, 5) is 11.4. The SMILES string of the molecule is CCC[C@@H](CC(=O)O)c1cccc(OCc2ccc(-c3ccccc3F)c([C@H](OCCOC)C(C)(C)C)c2)c1F. The van der Waals surface area contributed by atoms with E-state index in [0.29, 0.717) is 36.3 Å². The van der Waals surface area contributed by atoms with Crippen molar-refractivity contribution in [1.82, 2.24) is 0 Å². The molecule has 3 aromatic rings. The van der Waals surface area contributed by atoms with Crippen LogP contribution >= 0.6 is 0 Å². The largest absolute Gasteiger partial charge is 0.486 e. The van der Waals surface area contributed by atoms with Gasteiger partial charge in [-0.15, -0.1) is 0 Å². The Bertz CT molecular complexity index is 1270. The van der Waals surface area contributed by atoms with Crippen LogP contribution in [-0.2, 0) is 20.9 Å². The molecule has 0 bridgehead atoms. The van der Waals surface area contributed by atoms with Gasteiger partial charge in [0.15, 0.2) is 11.6 Å². The van der Waals surface area contributed by atoms with Gasteiger partial charge >= 0.3 is 5.97 Å². The van der Waals surface area contributed by atoms with Gasteiger partial charge in [-0.25, -0.2) is 8.78 Å². The molecule has 40 heavy (non-hydrogen) atoms. The first kappa shape index (κ1) is 31.2. The topological polar surface area (TPSA) is 65.0 Å². The summed E-state index contributed by atoms with van der Waals surface area (Å²) in [6.45, 7) is 8.97. The van der Waals surface area contributed by atoms with Gasteiger partial charge in [-0.3, -0.25) is 4.79 Å². The van der Waals surface area contributed by atoms with Crippen molar-refractivity contribution >= 4 is 5.97 Å². The number of benzene rings is 3. The molecule has 0 fully saturated rings. The monoisotopic (exact) mass is 554 g/mol. The van der Waals surface area contributed by atoms with Gasteiger partial charge in [0.05, 0.1) is 25.7 Å². The van der Waals surface area contributed by atoms with E-state index in [1.807, 2.05) is 25.1 Å². The number of aliphatic carboxylic acids is 1. The molecule has 0 saturated heterocycles. The van der Waals surface area contributed by atoms with Crippen molar-refractivity contribution in [2.24, 2.45) is 5.41 Å². The van der Waals surface area contributed by atoms with Crippen LogP contribution in [0.3, 0.4) is 0 Å². The third-order valence-corrected chi connectivity index (χ3v) is 6.81. The van der Waals surface area contributed by atoms with Crippen LogP contribution in [0.15, 0.2) is 60.7 Å². The molecule has 3 aromatic carbocycles. The zero-order valence-electron chi connectivity index (χ0n) is 24.0. The van der Waals surface area contributed by atoms with Crippen LogP contribution in [0.2, 0.25) is 0 Å². The maximum atomic E-state index is 15.5. The molecule has 7 heteroatoms. The molecule has 5 nitrogen and oxygen atoms in total. The summed E-state index contributed by atoms with van der Waals surface area (Å²) >= 11 is 0. The van der Waals surface area contributed by atoms with E-state index in [1.54, 1.807) is 43.5 Å². The molecule has 0 saturated carbocycles. The van der Waals surface area contributed by atoms with Crippen molar-refractivity contribution in [3.8, 4) is 16.9 Å². The molecule has 0 unspecified atom stereocenters. The molecule has 0 aliphatic carbocycles. The van der Waals surface area contributed by atoms with Gasteiger partial charge in [-0.1, -0.05) is 76.6 Å². The van der Waals surface area contributed by atoms with Gasteiger partial charge in [-0.05, 0) is 58.2 Å². The molecule has 0 aliphatic rings. The Labute approximate surface area is 236 Å². The summed E-state index contributed by atoms with van der Waals surface area (Å²) < 4.78 is 47.8. The Kier molecular flexibility index (Phi) is 11.2. The fourth-order valence-electron chi connectivity index (χ4n) is 4.94. The minimum Gasteiger partial charge on any atom is -0.486 e. The van der Waals surface area contributed by atoms with Crippen molar-refractivity contribution in [3.05, 3.63) is 89.0 Å². The standard InChI is InChI=1S/C33H40F2O5/c1-6-10-23(20-30(36)37)24-12-9-14-29(31(24)35)40-21-22-15-16-25(26-11-7-8-13-28(26)34)27(19-22)32(33(2,3)4)39-18-17-38-5/h7-9,11-16,19,23,32H,6,10,17-18,20-21H2,1-5H3,(H,36,37)/t23-,32-/m0/s1. The number of methoxy groups -OCH3 is 1. The summed E-state index contributed by atoms with van der Waals surface area (Å²) in [6, 6.07) is 17.1. The number of hydrogen-bond acceptors (Lipinski definition) is 4. The number of carbonyl (C=O) groups is 1. The highest BCUT2D eigenvalue weighted by Crippen LogP contribution is 2.42. The van der Waals surface area contributed by atoms with Crippen molar-refractivity contribution < 1.29 is 32.9 Å². The lowest BCUT2D eigenvalue weighted by Crippen LogP contribution is -2.24. The average Bonchev–Trinajstić information content (AvgIpc) is 2.90. The molecule has 0 spiro atoms. The quantitative estimate of drug-likeness (QED) is 0.203. The fraction of sp³-hybridized carbons (Fsp3) is 0.424. The molecule has 0 aromatic heterocycles. The smallest absolute Gasteiger partial charge is 0.303 e. The minimum absolute atomic E-state index is 0.0624. The highest BCUT2D eigenvalue weighted by Gasteiger charge is 2.30. The van der Waals surface area contributed by atoms with Gasteiger partial charge < -0.3 is 19.3 Å². The van der Waals surface area contributed by atoms with E-state index >= 15 is 4.39 Å². The molecular weight excluding hydrogens is 514 g/mol. The predicted molar refractivity (Wildman–Crippen MR) is 152 cm³/mol. The van der Waals surface area contributed by atoms with E-state index in [9.17, 15) is 14.3 Å². The van der Waals surface area contributed by atoms with Crippen molar-refractivity contribution in [3.63, 3.8) is 0 Å². The van der Waals surface area contributed by atoms with E-state index in [2.05, 4.69) is 20.8 Å². The normalized spacial score (nSPS) is 13.2. The summed E-state index contributed by atoms with van der Waals surface area (Å²) in [5, 5.41) is 9.31. The predicted octanol–water partition coefficient (Wildman–Crippen LogP) is 8.32. The highest BCUT2D eigenvalue weighted by molar-refractivity contribution is 5.69. The molecule has 0 heterocycles. The summed E-state index contributed by atoms with van der Waals surface area (Å²) in [7, 11) is 1.61. The van der Waals surface area contributed by atoms with Gasteiger partial charge in [0.2, 0.25) is 0 Å². The Morgan fingerprint density at radius 3 is 2.35 bits per heavy atom. The number of ether oxygens (including phenoxy) is 3. The van der Waals surface area contributed by atoms with Gasteiger partial charge in [0, 0.05) is 12.7 Å². The molecule has 216 valence electrons. The molecule has 1 N–H and O–H groups in total. The van der Waals surface area contributed by atoms with Gasteiger partial charge in [-0.2, -0.15) is 0 Å². The third-order valence-electron chi connectivity index (χ3n) is 6.81. The second-order valence-electron chi connectivity index (χ2n) is 11.0. The van der Waals surface area contributed by atoms with Crippen LogP contribution in [0.1, 0.15) is 75.7 Å².